The fraction of sp³-hybridized carbons (Fsp3) is 0.154. The summed E-state index contributed by atoms with van der Waals surface area (Å²) in [6, 6.07) is 4.98. The van der Waals surface area contributed by atoms with Crippen LogP contribution in [0, 0.1) is 6.92 Å². The van der Waals surface area contributed by atoms with Crippen LogP contribution in [0.3, 0.4) is 0 Å². The fourth-order valence-electron chi connectivity index (χ4n) is 1.84. The summed E-state index contributed by atoms with van der Waals surface area (Å²) in [5.41, 5.74) is 0.708. The number of rotatable bonds is 2. The van der Waals surface area contributed by atoms with Crippen LogP contribution in [-0.2, 0) is 4.79 Å². The molecule has 0 aliphatic carbocycles. The van der Waals surface area contributed by atoms with E-state index in [-0.39, 0.29) is 17.3 Å². The van der Waals surface area contributed by atoms with Crippen LogP contribution in [-0.4, -0.2) is 26.4 Å². The lowest BCUT2D eigenvalue weighted by Crippen LogP contribution is -2.05. The Labute approximate surface area is 123 Å². The number of aryl methyl sites for hydroxylation is 1. The molecule has 2 heterocycles. The number of nitrogens with zero attached hydrogens (tertiary/aromatic N) is 4. The van der Waals surface area contributed by atoms with Crippen LogP contribution in [0.4, 0.5) is 0 Å². The van der Waals surface area contributed by atoms with Crippen LogP contribution >= 0.6 is 11.6 Å². The van der Waals surface area contributed by atoms with Crippen LogP contribution in [0.25, 0.3) is 22.5 Å². The molecule has 2 aromatic heterocycles. The van der Waals surface area contributed by atoms with Crippen LogP contribution in [0.2, 0.25) is 5.02 Å². The Kier molecular flexibility index (Phi) is 3.26. The summed E-state index contributed by atoms with van der Waals surface area (Å²) in [6.07, 6.45) is 0. The van der Waals surface area contributed by atoms with Gasteiger partial charge in [0, 0.05) is 24.3 Å². The SMILES string of the molecule is CC(=O)Oc1c(-c2nnc(C)o2)nnc2cc(Cl)ccc12. The van der Waals surface area contributed by atoms with Gasteiger partial charge in [0.05, 0.1) is 5.52 Å². The zero-order valence-corrected chi connectivity index (χ0v) is 11.9. The Balaban J connectivity index is 2.28. The van der Waals surface area contributed by atoms with Gasteiger partial charge in [-0.2, -0.15) is 0 Å². The van der Waals surface area contributed by atoms with Crippen molar-refractivity contribution >= 4 is 28.5 Å². The first kappa shape index (κ1) is 13.4. The molecule has 0 N–H and O–H groups in total. The van der Waals surface area contributed by atoms with E-state index in [0.29, 0.717) is 21.8 Å². The molecule has 0 bridgehead atoms. The lowest BCUT2D eigenvalue weighted by atomic mass is 10.2. The maximum atomic E-state index is 11.3. The Hall–Kier alpha value is -2.54. The first-order valence-corrected chi connectivity index (χ1v) is 6.37. The van der Waals surface area contributed by atoms with E-state index in [1.165, 1.54) is 6.92 Å². The molecule has 21 heavy (non-hydrogen) atoms. The molecule has 0 amide bonds. The first-order chi connectivity index (χ1) is 10.0. The minimum absolute atomic E-state index is 0.133. The van der Waals surface area contributed by atoms with Crippen molar-refractivity contribution in [1.82, 2.24) is 20.4 Å². The molecule has 3 aromatic rings. The van der Waals surface area contributed by atoms with Crippen LogP contribution < -0.4 is 4.74 Å². The average molecular weight is 305 g/mol. The Bertz CT molecular complexity index is 847. The minimum atomic E-state index is -0.489. The molecule has 8 heteroatoms. The summed E-state index contributed by atoms with van der Waals surface area (Å²) < 4.78 is 10.6. The van der Waals surface area contributed by atoms with E-state index in [1.54, 1.807) is 25.1 Å². The molecule has 0 fully saturated rings. The van der Waals surface area contributed by atoms with Gasteiger partial charge in [0.15, 0.2) is 11.4 Å². The molecule has 0 aliphatic heterocycles. The van der Waals surface area contributed by atoms with Gasteiger partial charge in [-0.25, -0.2) is 0 Å². The molecule has 0 aliphatic rings. The normalized spacial score (nSPS) is 10.8. The zero-order chi connectivity index (χ0) is 15.0. The number of ether oxygens (including phenoxy) is 1. The summed E-state index contributed by atoms with van der Waals surface area (Å²) in [4.78, 5) is 11.3. The summed E-state index contributed by atoms with van der Waals surface area (Å²) in [5, 5.41) is 16.7. The van der Waals surface area contributed by atoms with Crippen LogP contribution in [0.1, 0.15) is 12.8 Å². The third-order valence-corrected chi connectivity index (χ3v) is 2.89. The number of carbonyl (C=O) groups is 1. The minimum Gasteiger partial charge on any atom is -0.423 e. The fourth-order valence-corrected chi connectivity index (χ4v) is 2.00. The average Bonchev–Trinajstić information content (AvgIpc) is 2.84. The molecule has 7 nitrogen and oxygen atoms in total. The highest BCUT2D eigenvalue weighted by atomic mass is 35.5. The lowest BCUT2D eigenvalue weighted by Gasteiger charge is -2.08. The highest BCUT2D eigenvalue weighted by Gasteiger charge is 2.20. The third-order valence-electron chi connectivity index (χ3n) is 2.65. The summed E-state index contributed by atoms with van der Waals surface area (Å²) in [5.74, 6) is 0.231. The molecule has 0 unspecified atom stereocenters. The molecular formula is C13H9ClN4O3. The van der Waals surface area contributed by atoms with E-state index >= 15 is 0 Å². The lowest BCUT2D eigenvalue weighted by molar-refractivity contribution is -0.131. The maximum Gasteiger partial charge on any atom is 0.308 e. The maximum absolute atomic E-state index is 11.3. The smallest absolute Gasteiger partial charge is 0.308 e. The second-order valence-corrected chi connectivity index (χ2v) is 4.70. The Morgan fingerprint density at radius 3 is 2.71 bits per heavy atom. The van der Waals surface area contributed by atoms with Crippen molar-refractivity contribution in [2.24, 2.45) is 0 Å². The monoisotopic (exact) mass is 304 g/mol. The standard InChI is InChI=1S/C13H9ClN4O3/c1-6-15-18-13(20-6)11-12(21-7(2)19)9-4-3-8(14)5-10(9)16-17-11/h3-5H,1-2H3. The van der Waals surface area contributed by atoms with Crippen molar-refractivity contribution in [3.05, 3.63) is 29.1 Å². The number of fused-ring (bicyclic) bond motifs is 1. The predicted octanol–water partition coefficient (Wildman–Crippen LogP) is 2.57. The third kappa shape index (κ3) is 2.55. The number of hydrogen-bond donors (Lipinski definition) is 0. The number of benzene rings is 1. The Morgan fingerprint density at radius 1 is 1.24 bits per heavy atom. The second-order valence-electron chi connectivity index (χ2n) is 4.26. The van der Waals surface area contributed by atoms with Crippen molar-refractivity contribution in [1.29, 1.82) is 0 Å². The second kappa shape index (κ2) is 5.10. The van der Waals surface area contributed by atoms with Crippen LogP contribution in [0.5, 0.6) is 5.75 Å². The predicted molar refractivity (Wildman–Crippen MR) is 73.9 cm³/mol. The van der Waals surface area contributed by atoms with Crippen molar-refractivity contribution in [2.45, 2.75) is 13.8 Å². The molecule has 106 valence electrons. The van der Waals surface area contributed by atoms with E-state index in [4.69, 9.17) is 20.8 Å². The number of esters is 1. The molecule has 0 spiro atoms. The molecule has 0 saturated heterocycles. The molecule has 1 aromatic carbocycles. The van der Waals surface area contributed by atoms with Gasteiger partial charge < -0.3 is 9.15 Å². The van der Waals surface area contributed by atoms with Crippen molar-refractivity contribution in [3.63, 3.8) is 0 Å². The van der Waals surface area contributed by atoms with E-state index in [0.717, 1.165) is 0 Å². The van der Waals surface area contributed by atoms with Gasteiger partial charge in [0.2, 0.25) is 5.89 Å². The number of hydrogen-bond acceptors (Lipinski definition) is 7. The highest BCUT2D eigenvalue weighted by molar-refractivity contribution is 6.31. The highest BCUT2D eigenvalue weighted by Crippen LogP contribution is 2.34. The van der Waals surface area contributed by atoms with E-state index in [1.807, 2.05) is 0 Å². The van der Waals surface area contributed by atoms with Crippen molar-refractivity contribution in [3.8, 4) is 17.3 Å². The van der Waals surface area contributed by atoms with Gasteiger partial charge in [-0.05, 0) is 18.2 Å². The van der Waals surface area contributed by atoms with E-state index in [2.05, 4.69) is 20.4 Å². The van der Waals surface area contributed by atoms with Gasteiger partial charge in [0.25, 0.3) is 5.89 Å². The van der Waals surface area contributed by atoms with Crippen LogP contribution in [0.15, 0.2) is 22.6 Å². The summed E-state index contributed by atoms with van der Waals surface area (Å²) >= 11 is 5.92. The van der Waals surface area contributed by atoms with Gasteiger partial charge in [0.1, 0.15) is 0 Å². The van der Waals surface area contributed by atoms with Gasteiger partial charge in [-0.1, -0.05) is 11.6 Å². The Morgan fingerprint density at radius 2 is 2.05 bits per heavy atom. The quantitative estimate of drug-likeness (QED) is 0.672. The van der Waals surface area contributed by atoms with E-state index < -0.39 is 5.97 Å². The van der Waals surface area contributed by atoms with Gasteiger partial charge in [-0.15, -0.1) is 20.4 Å². The van der Waals surface area contributed by atoms with Crippen molar-refractivity contribution in [2.75, 3.05) is 0 Å². The molecule has 0 radical (unpaired) electrons. The van der Waals surface area contributed by atoms with Gasteiger partial charge >= 0.3 is 5.97 Å². The van der Waals surface area contributed by atoms with Crippen molar-refractivity contribution < 1.29 is 13.9 Å². The molecule has 0 saturated carbocycles. The van der Waals surface area contributed by atoms with Gasteiger partial charge in [-0.3, -0.25) is 4.79 Å². The largest absolute Gasteiger partial charge is 0.423 e. The number of carbonyl (C=O) groups excluding carboxylic acids is 1. The molecule has 3 rings (SSSR count). The zero-order valence-electron chi connectivity index (χ0n) is 11.1. The molecule has 0 atom stereocenters. The topological polar surface area (TPSA) is 91.0 Å². The number of aromatic nitrogens is 4. The summed E-state index contributed by atoms with van der Waals surface area (Å²) in [7, 11) is 0. The molecular weight excluding hydrogens is 296 g/mol. The first-order valence-electron chi connectivity index (χ1n) is 5.99. The number of halogens is 1. The van der Waals surface area contributed by atoms with E-state index in [9.17, 15) is 4.79 Å². The summed E-state index contributed by atoms with van der Waals surface area (Å²) in [6.45, 7) is 2.95.